The van der Waals surface area contributed by atoms with Crippen molar-refractivity contribution in [2.24, 2.45) is 4.99 Å². The van der Waals surface area contributed by atoms with Crippen molar-refractivity contribution >= 4 is 17.8 Å². The van der Waals surface area contributed by atoms with Crippen molar-refractivity contribution in [3.8, 4) is 0 Å². The molecule has 0 radical (unpaired) electrons. The molecule has 0 spiro atoms. The van der Waals surface area contributed by atoms with Crippen LogP contribution in [0.25, 0.3) is 0 Å². The summed E-state index contributed by atoms with van der Waals surface area (Å²) in [5.41, 5.74) is 0. The van der Waals surface area contributed by atoms with Crippen molar-refractivity contribution in [2.45, 2.75) is 6.92 Å². The Labute approximate surface area is 36.7 Å². The number of rotatable bonds is 1. The Hall–Kier alpha value is -0.0400. The highest BCUT2D eigenvalue weighted by Crippen LogP contribution is 1.69. The van der Waals surface area contributed by atoms with Crippen LogP contribution in [0.1, 0.15) is 6.92 Å². The van der Waals surface area contributed by atoms with Gasteiger partial charge in [0.25, 0.3) is 0 Å². The van der Waals surface area contributed by atoms with Gasteiger partial charge < -0.3 is 0 Å². The zero-order valence-corrected chi connectivity index (χ0v) is 3.87. The predicted octanol–water partition coefficient (Wildman–Crippen LogP) is 1.27. The second kappa shape index (κ2) is 3.96. The first kappa shape index (κ1) is 4.96. The molecular weight excluding hydrogens is 85.5 g/mol. The van der Waals surface area contributed by atoms with Crippen LogP contribution in [0.3, 0.4) is 0 Å². The minimum atomic E-state index is 0.385. The lowest BCUT2D eigenvalue weighted by atomic mass is 10.9. The quantitative estimate of drug-likeness (QED) is 0.262. The van der Waals surface area contributed by atoms with Crippen LogP contribution < -0.4 is 0 Å². The zero-order chi connectivity index (χ0) is 4.12. The van der Waals surface area contributed by atoms with Gasteiger partial charge in [-0.25, -0.2) is 0 Å². The summed E-state index contributed by atoms with van der Waals surface area (Å²) in [6.07, 6.45) is 1.67. The van der Waals surface area contributed by atoms with Gasteiger partial charge in [-0.3, -0.25) is 4.99 Å². The molecule has 2 heteroatoms. The number of aliphatic imine (C=N–C) groups is 1. The zero-order valence-electron chi connectivity index (χ0n) is 3.11. The van der Waals surface area contributed by atoms with Gasteiger partial charge in [0.2, 0.25) is 0 Å². The second-order valence-electron chi connectivity index (χ2n) is 0.560. The molecule has 30 valence electrons. The fraction of sp³-hybridized carbons (Fsp3) is 0.667. The molecule has 0 heterocycles. The standard InChI is InChI=1S/C3H6ClN/c1-2-5-3-4/h2H,3H2,1H3/b5-2+. The molecule has 0 saturated heterocycles. The molecule has 0 aromatic carbocycles. The summed E-state index contributed by atoms with van der Waals surface area (Å²) in [6.45, 7) is 1.84. The normalized spacial score (nSPS) is 10.0. The summed E-state index contributed by atoms with van der Waals surface area (Å²) < 4.78 is 0. The summed E-state index contributed by atoms with van der Waals surface area (Å²) in [4.78, 5) is 3.61. The molecule has 0 unspecified atom stereocenters. The molecule has 0 bridgehead atoms. The lowest BCUT2D eigenvalue weighted by Crippen LogP contribution is -1.58. The SMILES string of the molecule is C/C=N/CCl. The van der Waals surface area contributed by atoms with Gasteiger partial charge >= 0.3 is 0 Å². The molecule has 0 aliphatic carbocycles. The van der Waals surface area contributed by atoms with E-state index in [2.05, 4.69) is 4.99 Å². The van der Waals surface area contributed by atoms with E-state index >= 15 is 0 Å². The second-order valence-corrected chi connectivity index (χ2v) is 0.799. The van der Waals surface area contributed by atoms with Gasteiger partial charge in [0.15, 0.2) is 0 Å². The smallest absolute Gasteiger partial charge is 0.112 e. The van der Waals surface area contributed by atoms with Crippen LogP contribution in [-0.4, -0.2) is 12.2 Å². The first-order valence-electron chi connectivity index (χ1n) is 1.42. The van der Waals surface area contributed by atoms with Gasteiger partial charge in [-0.1, -0.05) is 0 Å². The highest BCUT2D eigenvalue weighted by Gasteiger charge is 1.53. The molecule has 0 N–H and O–H groups in total. The molecule has 0 aliphatic heterocycles. The minimum Gasteiger partial charge on any atom is -0.282 e. The summed E-state index contributed by atoms with van der Waals surface area (Å²) in [5, 5.41) is 0. The van der Waals surface area contributed by atoms with Crippen LogP contribution in [0.5, 0.6) is 0 Å². The van der Waals surface area contributed by atoms with E-state index in [4.69, 9.17) is 11.6 Å². The number of halogens is 1. The van der Waals surface area contributed by atoms with E-state index in [1.165, 1.54) is 0 Å². The molecule has 0 aromatic heterocycles. The number of hydrogen-bond donors (Lipinski definition) is 0. The van der Waals surface area contributed by atoms with Gasteiger partial charge in [-0.15, -0.1) is 11.6 Å². The van der Waals surface area contributed by atoms with Gasteiger partial charge in [0, 0.05) is 0 Å². The van der Waals surface area contributed by atoms with Crippen molar-refractivity contribution in [3.05, 3.63) is 0 Å². The maximum atomic E-state index is 5.10. The van der Waals surface area contributed by atoms with E-state index in [9.17, 15) is 0 Å². The van der Waals surface area contributed by atoms with E-state index < -0.39 is 0 Å². The maximum Gasteiger partial charge on any atom is 0.112 e. The molecular formula is C3H6ClN. The van der Waals surface area contributed by atoms with Gasteiger partial charge in [0.05, 0.1) is 0 Å². The van der Waals surface area contributed by atoms with Gasteiger partial charge in [0.1, 0.15) is 6.00 Å². The van der Waals surface area contributed by atoms with Crippen LogP contribution in [0, 0.1) is 0 Å². The van der Waals surface area contributed by atoms with Crippen LogP contribution in [0.4, 0.5) is 0 Å². The van der Waals surface area contributed by atoms with E-state index in [0.717, 1.165) is 0 Å². The molecule has 0 saturated carbocycles. The molecule has 0 aliphatic rings. The van der Waals surface area contributed by atoms with Gasteiger partial charge in [-0.05, 0) is 13.1 Å². The Morgan fingerprint density at radius 1 is 2.00 bits per heavy atom. The number of hydrogen-bond acceptors (Lipinski definition) is 1. The molecule has 0 fully saturated rings. The van der Waals surface area contributed by atoms with Crippen molar-refractivity contribution in [2.75, 3.05) is 6.00 Å². The maximum absolute atomic E-state index is 5.10. The van der Waals surface area contributed by atoms with Crippen LogP contribution in [0.2, 0.25) is 0 Å². The summed E-state index contributed by atoms with van der Waals surface area (Å²) in [6, 6.07) is 0.385. The first-order chi connectivity index (χ1) is 2.41. The molecule has 5 heavy (non-hydrogen) atoms. The van der Waals surface area contributed by atoms with E-state index in [1.54, 1.807) is 6.21 Å². The molecule has 0 amide bonds. The van der Waals surface area contributed by atoms with E-state index in [0.29, 0.717) is 6.00 Å². The Kier molecular flexibility index (Phi) is 3.93. The van der Waals surface area contributed by atoms with Crippen LogP contribution in [0.15, 0.2) is 4.99 Å². The van der Waals surface area contributed by atoms with Crippen molar-refractivity contribution < 1.29 is 0 Å². The summed E-state index contributed by atoms with van der Waals surface area (Å²) in [5.74, 6) is 0. The van der Waals surface area contributed by atoms with Crippen LogP contribution >= 0.6 is 11.6 Å². The lowest BCUT2D eigenvalue weighted by Gasteiger charge is -1.65. The summed E-state index contributed by atoms with van der Waals surface area (Å²) >= 11 is 5.10. The Bertz CT molecular complexity index is 33.9. The topological polar surface area (TPSA) is 12.4 Å². The largest absolute Gasteiger partial charge is 0.282 e. The highest BCUT2D eigenvalue weighted by atomic mass is 35.5. The molecule has 0 rings (SSSR count). The lowest BCUT2D eigenvalue weighted by molar-refractivity contribution is 1.38. The third kappa shape index (κ3) is 3.96. The first-order valence-corrected chi connectivity index (χ1v) is 1.95. The van der Waals surface area contributed by atoms with Crippen molar-refractivity contribution in [1.29, 1.82) is 0 Å². The Morgan fingerprint density at radius 2 is 2.60 bits per heavy atom. The number of nitrogens with zero attached hydrogens (tertiary/aromatic N) is 1. The third-order valence-corrected chi connectivity index (χ3v) is 0.390. The van der Waals surface area contributed by atoms with E-state index in [-0.39, 0.29) is 0 Å². The Morgan fingerprint density at radius 3 is 2.60 bits per heavy atom. The fourth-order valence-corrected chi connectivity index (χ4v) is 0.207. The molecule has 0 aromatic rings. The fourth-order valence-electron chi connectivity index (χ4n) is 0.0690. The predicted molar refractivity (Wildman–Crippen MR) is 24.9 cm³/mol. The minimum absolute atomic E-state index is 0.385. The summed E-state index contributed by atoms with van der Waals surface area (Å²) in [7, 11) is 0. The van der Waals surface area contributed by atoms with Gasteiger partial charge in [-0.2, -0.15) is 0 Å². The average Bonchev–Trinajstić information content (AvgIpc) is 1.41. The van der Waals surface area contributed by atoms with E-state index in [1.807, 2.05) is 6.92 Å². The highest BCUT2D eigenvalue weighted by molar-refractivity contribution is 6.18. The van der Waals surface area contributed by atoms with Crippen LogP contribution in [-0.2, 0) is 0 Å². The monoisotopic (exact) mass is 91.0 g/mol. The average molecular weight is 91.5 g/mol. The Balaban J connectivity index is 2.62. The third-order valence-electron chi connectivity index (χ3n) is 0.252. The van der Waals surface area contributed by atoms with Crippen molar-refractivity contribution in [3.63, 3.8) is 0 Å². The molecule has 1 nitrogen and oxygen atoms in total. The molecule has 0 atom stereocenters. The number of alkyl halides is 1. The van der Waals surface area contributed by atoms with Crippen molar-refractivity contribution in [1.82, 2.24) is 0 Å².